The molecule has 1 atom stereocenters. The summed E-state index contributed by atoms with van der Waals surface area (Å²) in [5.41, 5.74) is 1.44. The molecule has 0 aliphatic rings. The Morgan fingerprint density at radius 3 is 2.84 bits per heavy atom. The van der Waals surface area contributed by atoms with Crippen molar-refractivity contribution >= 4 is 22.4 Å². The van der Waals surface area contributed by atoms with E-state index in [4.69, 9.17) is 0 Å². The van der Waals surface area contributed by atoms with E-state index in [1.54, 1.807) is 31.4 Å². The van der Waals surface area contributed by atoms with Crippen LogP contribution in [0.25, 0.3) is 0 Å². The van der Waals surface area contributed by atoms with Crippen LogP contribution < -0.4 is 5.32 Å². The number of nitrogens with zero attached hydrogens (tertiary/aromatic N) is 1. The number of hydrogen-bond donors (Lipinski definition) is 3. The van der Waals surface area contributed by atoms with Crippen LogP contribution in [0.1, 0.15) is 34.6 Å². The van der Waals surface area contributed by atoms with Crippen molar-refractivity contribution in [1.82, 2.24) is 4.98 Å². The fourth-order valence-electron chi connectivity index (χ4n) is 1.57. The van der Waals surface area contributed by atoms with E-state index in [0.717, 1.165) is 0 Å². The van der Waals surface area contributed by atoms with Gasteiger partial charge in [0.1, 0.15) is 5.75 Å². The van der Waals surface area contributed by atoms with Gasteiger partial charge in [-0.2, -0.15) is 0 Å². The van der Waals surface area contributed by atoms with Crippen LogP contribution >= 0.6 is 11.3 Å². The van der Waals surface area contributed by atoms with Gasteiger partial charge in [-0.25, -0.2) is 4.98 Å². The number of anilines is 1. The third kappa shape index (κ3) is 2.91. The first-order valence-corrected chi connectivity index (χ1v) is 6.60. The van der Waals surface area contributed by atoms with Crippen molar-refractivity contribution in [3.63, 3.8) is 0 Å². The minimum atomic E-state index is -0.663. The number of benzene rings is 1. The number of carbonyl (C=O) groups is 1. The van der Waals surface area contributed by atoms with Crippen molar-refractivity contribution in [3.05, 3.63) is 40.4 Å². The van der Waals surface area contributed by atoms with Crippen LogP contribution in [-0.4, -0.2) is 21.1 Å². The number of phenols is 1. The molecule has 2 rings (SSSR count). The Kier molecular flexibility index (Phi) is 3.82. The third-order valence-electron chi connectivity index (χ3n) is 2.72. The second-order valence-electron chi connectivity index (χ2n) is 4.16. The molecule has 3 N–H and O–H groups in total. The van der Waals surface area contributed by atoms with Crippen molar-refractivity contribution in [3.8, 4) is 5.75 Å². The highest BCUT2D eigenvalue weighted by atomic mass is 32.1. The molecule has 0 radical (unpaired) electrons. The standard InChI is InChI=1S/C13H14N2O3S/c1-7-9(4-3-5-11(7)17)12(18)15-13-14-10(6-19-13)8(2)16/h3-6,8,16-17H,1-2H3,(H,14,15,18). The molecule has 1 aromatic heterocycles. The summed E-state index contributed by atoms with van der Waals surface area (Å²) in [7, 11) is 0. The van der Waals surface area contributed by atoms with Crippen LogP contribution in [0.5, 0.6) is 5.75 Å². The van der Waals surface area contributed by atoms with Gasteiger partial charge in [0.15, 0.2) is 5.13 Å². The van der Waals surface area contributed by atoms with Gasteiger partial charge in [-0.05, 0) is 26.0 Å². The van der Waals surface area contributed by atoms with Gasteiger partial charge < -0.3 is 10.2 Å². The molecule has 1 amide bonds. The smallest absolute Gasteiger partial charge is 0.257 e. The lowest BCUT2D eigenvalue weighted by atomic mass is 10.1. The van der Waals surface area contributed by atoms with Crippen LogP contribution in [0.3, 0.4) is 0 Å². The van der Waals surface area contributed by atoms with E-state index in [1.165, 1.54) is 17.4 Å². The number of hydrogen-bond acceptors (Lipinski definition) is 5. The zero-order valence-corrected chi connectivity index (χ0v) is 11.4. The quantitative estimate of drug-likeness (QED) is 0.805. The summed E-state index contributed by atoms with van der Waals surface area (Å²) in [6, 6.07) is 4.77. The Bertz CT molecular complexity index is 608. The summed E-state index contributed by atoms with van der Waals surface area (Å²) in [5, 5.41) is 23.7. The van der Waals surface area contributed by atoms with Crippen molar-refractivity contribution in [2.45, 2.75) is 20.0 Å². The average molecular weight is 278 g/mol. The largest absolute Gasteiger partial charge is 0.508 e. The summed E-state index contributed by atoms with van der Waals surface area (Å²) in [4.78, 5) is 16.1. The van der Waals surface area contributed by atoms with E-state index < -0.39 is 6.10 Å². The zero-order chi connectivity index (χ0) is 14.0. The first-order chi connectivity index (χ1) is 8.99. The highest BCUT2D eigenvalue weighted by Gasteiger charge is 2.14. The summed E-state index contributed by atoms with van der Waals surface area (Å²) < 4.78 is 0. The second-order valence-corrected chi connectivity index (χ2v) is 5.02. The van der Waals surface area contributed by atoms with Gasteiger partial charge in [-0.15, -0.1) is 11.3 Å². The minimum absolute atomic E-state index is 0.0801. The number of phenolic OH excluding ortho intramolecular Hbond substituents is 1. The molecule has 6 heteroatoms. The molecule has 1 unspecified atom stereocenters. The normalized spacial score (nSPS) is 12.2. The topological polar surface area (TPSA) is 82.5 Å². The van der Waals surface area contributed by atoms with Crippen LogP contribution in [0, 0.1) is 6.92 Å². The Morgan fingerprint density at radius 1 is 1.47 bits per heavy atom. The molecular weight excluding hydrogens is 264 g/mol. The summed E-state index contributed by atoms with van der Waals surface area (Å²) in [6.07, 6.45) is -0.663. The fourth-order valence-corrected chi connectivity index (χ4v) is 2.36. The maximum Gasteiger partial charge on any atom is 0.257 e. The predicted molar refractivity (Wildman–Crippen MR) is 73.5 cm³/mol. The van der Waals surface area contributed by atoms with Crippen LogP contribution in [0.15, 0.2) is 23.6 Å². The number of aromatic hydroxyl groups is 1. The number of aromatic nitrogens is 1. The minimum Gasteiger partial charge on any atom is -0.508 e. The Labute approximate surface area is 114 Å². The summed E-state index contributed by atoms with van der Waals surface area (Å²) in [5.74, 6) is -0.253. The Balaban J connectivity index is 2.18. The van der Waals surface area contributed by atoms with E-state index in [2.05, 4.69) is 10.3 Å². The predicted octanol–water partition coefficient (Wildman–Crippen LogP) is 2.46. The number of aliphatic hydroxyl groups is 1. The monoisotopic (exact) mass is 278 g/mol. The fraction of sp³-hybridized carbons (Fsp3) is 0.231. The molecular formula is C13H14N2O3S. The second kappa shape index (κ2) is 5.38. The lowest BCUT2D eigenvalue weighted by molar-refractivity contribution is 0.102. The molecule has 0 aliphatic carbocycles. The number of amides is 1. The molecule has 19 heavy (non-hydrogen) atoms. The lowest BCUT2D eigenvalue weighted by Crippen LogP contribution is -2.13. The van der Waals surface area contributed by atoms with Crippen molar-refractivity contribution < 1.29 is 15.0 Å². The van der Waals surface area contributed by atoms with Gasteiger partial charge in [0.25, 0.3) is 5.91 Å². The van der Waals surface area contributed by atoms with Gasteiger partial charge >= 0.3 is 0 Å². The lowest BCUT2D eigenvalue weighted by Gasteiger charge is -2.06. The first-order valence-electron chi connectivity index (χ1n) is 5.72. The van der Waals surface area contributed by atoms with Crippen molar-refractivity contribution in [2.24, 2.45) is 0 Å². The number of nitrogens with one attached hydrogen (secondary N) is 1. The highest BCUT2D eigenvalue weighted by molar-refractivity contribution is 7.14. The zero-order valence-electron chi connectivity index (χ0n) is 10.5. The summed E-state index contributed by atoms with van der Waals surface area (Å²) >= 11 is 1.25. The maximum absolute atomic E-state index is 12.0. The van der Waals surface area contributed by atoms with Crippen molar-refractivity contribution in [1.29, 1.82) is 0 Å². The molecule has 2 aromatic rings. The van der Waals surface area contributed by atoms with Crippen LogP contribution in [0.2, 0.25) is 0 Å². The maximum atomic E-state index is 12.0. The Morgan fingerprint density at radius 2 is 2.21 bits per heavy atom. The molecule has 0 spiro atoms. The molecule has 0 saturated heterocycles. The molecule has 100 valence electrons. The Hall–Kier alpha value is -1.92. The van der Waals surface area contributed by atoms with E-state index in [0.29, 0.717) is 22.0 Å². The number of aliphatic hydroxyl groups excluding tert-OH is 1. The van der Waals surface area contributed by atoms with Gasteiger partial charge in [-0.1, -0.05) is 6.07 Å². The van der Waals surface area contributed by atoms with Gasteiger partial charge in [0.2, 0.25) is 0 Å². The number of rotatable bonds is 3. The van der Waals surface area contributed by atoms with E-state index in [1.807, 2.05) is 0 Å². The number of carbonyl (C=O) groups excluding carboxylic acids is 1. The van der Waals surface area contributed by atoms with Gasteiger partial charge in [0.05, 0.1) is 11.8 Å². The molecule has 0 saturated carbocycles. The van der Waals surface area contributed by atoms with Crippen LogP contribution in [0.4, 0.5) is 5.13 Å². The molecule has 5 nitrogen and oxygen atoms in total. The molecule has 0 bridgehead atoms. The van der Waals surface area contributed by atoms with Crippen molar-refractivity contribution in [2.75, 3.05) is 5.32 Å². The molecule has 0 aliphatic heterocycles. The van der Waals surface area contributed by atoms with Gasteiger partial charge in [0, 0.05) is 16.5 Å². The molecule has 0 fully saturated rings. The van der Waals surface area contributed by atoms with Gasteiger partial charge in [-0.3, -0.25) is 10.1 Å². The average Bonchev–Trinajstić information content (AvgIpc) is 2.81. The van der Waals surface area contributed by atoms with Crippen LogP contribution in [-0.2, 0) is 0 Å². The first kappa shape index (κ1) is 13.5. The van der Waals surface area contributed by atoms with E-state index in [-0.39, 0.29) is 11.7 Å². The molecule has 1 aromatic carbocycles. The molecule has 1 heterocycles. The van der Waals surface area contributed by atoms with E-state index in [9.17, 15) is 15.0 Å². The van der Waals surface area contributed by atoms with E-state index >= 15 is 0 Å². The number of thiazole rings is 1. The highest BCUT2D eigenvalue weighted by Crippen LogP contribution is 2.23. The summed E-state index contributed by atoms with van der Waals surface area (Å²) in [6.45, 7) is 3.29. The third-order valence-corrected chi connectivity index (χ3v) is 3.50. The SMILES string of the molecule is Cc1c(O)cccc1C(=O)Nc1nc(C(C)O)cs1.